The number of aromatic amines is 1. The van der Waals surface area contributed by atoms with Gasteiger partial charge in [-0.1, -0.05) is 19.9 Å². The SMILES string of the molecule is COc1cc(C(=O)n2c(-c3cc(C(C)C)ccc3O)n[nH]c2=S)ccc1OC1CCCC1. The summed E-state index contributed by atoms with van der Waals surface area (Å²) < 4.78 is 13.0. The Kier molecular flexibility index (Phi) is 6.32. The van der Waals surface area contributed by atoms with Gasteiger partial charge >= 0.3 is 0 Å². The van der Waals surface area contributed by atoms with Crippen molar-refractivity contribution in [3.63, 3.8) is 0 Å². The Labute approximate surface area is 192 Å². The zero-order valence-corrected chi connectivity index (χ0v) is 19.2. The number of hydrogen-bond donors (Lipinski definition) is 2. The van der Waals surface area contributed by atoms with E-state index in [-0.39, 0.29) is 34.3 Å². The highest BCUT2D eigenvalue weighted by Crippen LogP contribution is 2.34. The first-order valence-corrected chi connectivity index (χ1v) is 11.2. The van der Waals surface area contributed by atoms with Gasteiger partial charge in [-0.2, -0.15) is 5.10 Å². The van der Waals surface area contributed by atoms with Gasteiger partial charge in [0.15, 0.2) is 17.3 Å². The van der Waals surface area contributed by atoms with Crippen LogP contribution in [0.15, 0.2) is 36.4 Å². The lowest BCUT2D eigenvalue weighted by Crippen LogP contribution is -2.15. The summed E-state index contributed by atoms with van der Waals surface area (Å²) in [5.74, 6) is 1.26. The van der Waals surface area contributed by atoms with Crippen molar-refractivity contribution in [2.75, 3.05) is 7.11 Å². The van der Waals surface area contributed by atoms with E-state index in [0.717, 1.165) is 31.2 Å². The highest BCUT2D eigenvalue weighted by atomic mass is 32.1. The maximum absolute atomic E-state index is 13.4. The summed E-state index contributed by atoms with van der Waals surface area (Å²) in [6.07, 6.45) is 4.55. The Balaban J connectivity index is 1.71. The number of aromatic hydroxyl groups is 1. The van der Waals surface area contributed by atoms with Gasteiger partial charge in [0.05, 0.1) is 18.8 Å². The summed E-state index contributed by atoms with van der Waals surface area (Å²) in [6, 6.07) is 10.4. The van der Waals surface area contributed by atoms with Crippen LogP contribution in [0.2, 0.25) is 0 Å². The van der Waals surface area contributed by atoms with Gasteiger partial charge in [-0.25, -0.2) is 4.57 Å². The Morgan fingerprint density at radius 2 is 1.94 bits per heavy atom. The first-order valence-electron chi connectivity index (χ1n) is 10.8. The highest BCUT2D eigenvalue weighted by Gasteiger charge is 2.23. The van der Waals surface area contributed by atoms with Crippen LogP contribution in [0, 0.1) is 4.77 Å². The maximum Gasteiger partial charge on any atom is 0.266 e. The number of ether oxygens (including phenoxy) is 2. The Morgan fingerprint density at radius 1 is 1.19 bits per heavy atom. The van der Waals surface area contributed by atoms with E-state index in [1.165, 1.54) is 4.57 Å². The molecule has 7 nitrogen and oxygen atoms in total. The average Bonchev–Trinajstić information content (AvgIpc) is 3.43. The molecule has 4 rings (SSSR count). The lowest BCUT2D eigenvalue weighted by molar-refractivity contribution is 0.0959. The van der Waals surface area contributed by atoms with Gasteiger partial charge in [0.1, 0.15) is 5.75 Å². The molecule has 0 radical (unpaired) electrons. The van der Waals surface area contributed by atoms with Crippen molar-refractivity contribution < 1.29 is 19.4 Å². The molecule has 3 aromatic rings. The van der Waals surface area contributed by atoms with E-state index in [2.05, 4.69) is 24.0 Å². The number of phenols is 1. The van der Waals surface area contributed by atoms with E-state index < -0.39 is 0 Å². The fourth-order valence-electron chi connectivity index (χ4n) is 3.97. The molecule has 8 heteroatoms. The lowest BCUT2D eigenvalue weighted by Gasteiger charge is -2.16. The van der Waals surface area contributed by atoms with Crippen LogP contribution in [0.1, 0.15) is 61.4 Å². The molecule has 1 saturated carbocycles. The van der Waals surface area contributed by atoms with Crippen LogP contribution < -0.4 is 9.47 Å². The van der Waals surface area contributed by atoms with Crippen LogP contribution in [-0.2, 0) is 0 Å². The van der Waals surface area contributed by atoms with Gasteiger partial charge in [-0.15, -0.1) is 0 Å². The molecule has 1 aromatic heterocycles. The van der Waals surface area contributed by atoms with Gasteiger partial charge in [0.2, 0.25) is 4.77 Å². The molecule has 0 spiro atoms. The molecule has 2 N–H and O–H groups in total. The van der Waals surface area contributed by atoms with Gasteiger partial charge in [-0.05, 0) is 79.7 Å². The smallest absolute Gasteiger partial charge is 0.266 e. The Bertz CT molecular complexity index is 1190. The minimum Gasteiger partial charge on any atom is -0.507 e. The molecule has 1 heterocycles. The predicted molar refractivity (Wildman–Crippen MR) is 124 cm³/mol. The fraction of sp³-hybridized carbons (Fsp3) is 0.375. The monoisotopic (exact) mass is 453 g/mol. The Hall–Kier alpha value is -3.13. The molecular weight excluding hydrogens is 426 g/mol. The number of benzene rings is 2. The van der Waals surface area contributed by atoms with Gasteiger partial charge in [0.25, 0.3) is 5.91 Å². The molecule has 0 aliphatic heterocycles. The summed E-state index contributed by atoms with van der Waals surface area (Å²) in [5.41, 5.74) is 1.82. The van der Waals surface area contributed by atoms with Crippen molar-refractivity contribution in [1.82, 2.24) is 14.8 Å². The minimum absolute atomic E-state index is 0.0235. The molecule has 32 heavy (non-hydrogen) atoms. The summed E-state index contributed by atoms with van der Waals surface area (Å²) in [6.45, 7) is 4.11. The van der Waals surface area contributed by atoms with E-state index in [0.29, 0.717) is 22.6 Å². The maximum atomic E-state index is 13.4. The first kappa shape index (κ1) is 22.1. The van der Waals surface area contributed by atoms with Gasteiger partial charge < -0.3 is 14.6 Å². The largest absolute Gasteiger partial charge is 0.507 e. The van der Waals surface area contributed by atoms with E-state index in [9.17, 15) is 9.90 Å². The van der Waals surface area contributed by atoms with Crippen molar-refractivity contribution in [1.29, 1.82) is 0 Å². The van der Waals surface area contributed by atoms with Crippen molar-refractivity contribution in [2.45, 2.75) is 51.6 Å². The number of aromatic nitrogens is 3. The number of carbonyl (C=O) groups is 1. The number of methoxy groups -OCH3 is 1. The van der Waals surface area contributed by atoms with Crippen molar-refractivity contribution >= 4 is 18.1 Å². The van der Waals surface area contributed by atoms with Gasteiger partial charge in [0, 0.05) is 5.56 Å². The third-order valence-electron chi connectivity index (χ3n) is 5.81. The fourth-order valence-corrected chi connectivity index (χ4v) is 4.19. The van der Waals surface area contributed by atoms with Crippen LogP contribution in [0.3, 0.4) is 0 Å². The molecule has 0 atom stereocenters. The molecule has 0 amide bonds. The second-order valence-electron chi connectivity index (χ2n) is 8.31. The van der Waals surface area contributed by atoms with E-state index in [1.807, 2.05) is 12.1 Å². The van der Waals surface area contributed by atoms with Crippen LogP contribution in [0.4, 0.5) is 0 Å². The number of hydrogen-bond acceptors (Lipinski definition) is 6. The average molecular weight is 454 g/mol. The normalized spacial score (nSPS) is 14.1. The van der Waals surface area contributed by atoms with E-state index in [1.54, 1.807) is 31.4 Å². The molecule has 1 fully saturated rings. The predicted octanol–water partition coefficient (Wildman–Crippen LogP) is 5.46. The van der Waals surface area contributed by atoms with Crippen LogP contribution in [0.5, 0.6) is 17.2 Å². The van der Waals surface area contributed by atoms with E-state index >= 15 is 0 Å². The molecule has 0 unspecified atom stereocenters. The molecule has 0 saturated heterocycles. The summed E-state index contributed by atoms with van der Waals surface area (Å²) in [7, 11) is 1.55. The number of nitrogens with one attached hydrogen (secondary N) is 1. The zero-order chi connectivity index (χ0) is 22.8. The quantitative estimate of drug-likeness (QED) is 0.482. The zero-order valence-electron chi connectivity index (χ0n) is 18.4. The van der Waals surface area contributed by atoms with Crippen LogP contribution in [0.25, 0.3) is 11.4 Å². The molecule has 168 valence electrons. The van der Waals surface area contributed by atoms with Crippen molar-refractivity contribution in [3.05, 3.63) is 52.3 Å². The van der Waals surface area contributed by atoms with Crippen LogP contribution in [-0.4, -0.2) is 39.0 Å². The molecule has 2 aromatic carbocycles. The second-order valence-corrected chi connectivity index (χ2v) is 8.70. The first-order chi connectivity index (χ1) is 15.4. The molecule has 0 bridgehead atoms. The topological polar surface area (TPSA) is 89.4 Å². The standard InChI is InChI=1S/C24H27N3O4S/c1-14(2)15-8-10-19(28)18(12-15)22-25-26-24(32)27(22)23(29)16-9-11-20(21(13-16)30-3)31-17-6-4-5-7-17/h8-14,17,28H,4-7H2,1-3H3,(H,26,32). The third-order valence-corrected chi connectivity index (χ3v) is 6.08. The highest BCUT2D eigenvalue weighted by molar-refractivity contribution is 7.71. The molecular formula is C24H27N3O4S. The minimum atomic E-state index is -0.376. The van der Waals surface area contributed by atoms with Crippen molar-refractivity contribution in [2.24, 2.45) is 0 Å². The van der Waals surface area contributed by atoms with Gasteiger partial charge in [-0.3, -0.25) is 9.89 Å². The number of rotatable bonds is 6. The number of H-pyrrole nitrogens is 1. The summed E-state index contributed by atoms with van der Waals surface area (Å²) in [4.78, 5) is 13.4. The van der Waals surface area contributed by atoms with Crippen LogP contribution >= 0.6 is 12.2 Å². The second kappa shape index (κ2) is 9.16. The summed E-state index contributed by atoms with van der Waals surface area (Å²) >= 11 is 5.35. The lowest BCUT2D eigenvalue weighted by atomic mass is 10.00. The third kappa shape index (κ3) is 4.27. The molecule has 1 aliphatic carbocycles. The Morgan fingerprint density at radius 3 is 2.62 bits per heavy atom. The van der Waals surface area contributed by atoms with Crippen molar-refractivity contribution in [3.8, 4) is 28.6 Å². The molecule has 1 aliphatic rings. The number of carbonyl (C=O) groups excluding carboxylic acids is 1. The number of phenolic OH excluding ortho intramolecular Hbond substituents is 1. The van der Waals surface area contributed by atoms with E-state index in [4.69, 9.17) is 21.7 Å². The number of nitrogens with zero attached hydrogens (tertiary/aromatic N) is 2. The summed E-state index contributed by atoms with van der Waals surface area (Å²) in [5, 5.41) is 17.4.